The molecule has 3 nitrogen and oxygen atoms in total. The van der Waals surface area contributed by atoms with Crippen molar-refractivity contribution in [1.29, 1.82) is 0 Å². The van der Waals surface area contributed by atoms with E-state index in [1.807, 2.05) is 7.05 Å². The Balaban J connectivity index is 0.00000256. The van der Waals surface area contributed by atoms with Crippen molar-refractivity contribution in [2.75, 3.05) is 32.4 Å². The number of hydrogen-bond donors (Lipinski definition) is 1. The molecule has 0 aromatic heterocycles. The van der Waals surface area contributed by atoms with Crippen LogP contribution in [0, 0.1) is 5.92 Å². The first-order valence-electron chi connectivity index (χ1n) is 6.04. The molecule has 1 aliphatic rings. The summed E-state index contributed by atoms with van der Waals surface area (Å²) in [7, 11) is 1.87. The Morgan fingerprint density at radius 3 is 2.59 bits per heavy atom. The van der Waals surface area contributed by atoms with Crippen LogP contribution in [-0.2, 0) is 0 Å². The molecular formula is C12H26IN3S. The van der Waals surface area contributed by atoms with Crippen molar-refractivity contribution in [3.8, 4) is 0 Å². The van der Waals surface area contributed by atoms with Crippen molar-refractivity contribution < 1.29 is 0 Å². The van der Waals surface area contributed by atoms with Gasteiger partial charge in [0.2, 0.25) is 0 Å². The second-order valence-corrected chi connectivity index (χ2v) is 7.15. The predicted octanol–water partition coefficient (Wildman–Crippen LogP) is 2.66. The first-order chi connectivity index (χ1) is 7.44. The van der Waals surface area contributed by atoms with Crippen LogP contribution in [0.3, 0.4) is 0 Å². The molecule has 102 valence electrons. The molecule has 0 unspecified atom stereocenters. The molecule has 0 aromatic rings. The zero-order chi connectivity index (χ0) is 12.2. The number of nitrogens with one attached hydrogen (secondary N) is 1. The maximum atomic E-state index is 4.37. The van der Waals surface area contributed by atoms with Gasteiger partial charge in [-0.05, 0) is 19.8 Å². The normalized spacial score (nSPS) is 20.1. The molecule has 0 aliphatic carbocycles. The van der Waals surface area contributed by atoms with Gasteiger partial charge in [-0.25, -0.2) is 0 Å². The number of guanidine groups is 1. The molecule has 0 bridgehead atoms. The highest BCUT2D eigenvalue weighted by atomic mass is 127. The summed E-state index contributed by atoms with van der Waals surface area (Å²) in [5, 5.41) is 3.44. The Morgan fingerprint density at radius 1 is 1.47 bits per heavy atom. The van der Waals surface area contributed by atoms with Crippen molar-refractivity contribution in [2.24, 2.45) is 10.9 Å². The van der Waals surface area contributed by atoms with Crippen LogP contribution in [0.4, 0.5) is 0 Å². The maximum Gasteiger partial charge on any atom is 0.193 e. The standard InChI is InChI=1S/C12H25N3S.HI/c1-10(2)8-14-11(13-5)15-6-7-16-12(3,4)9-15;/h10H,6-9H2,1-5H3,(H,13,14);1H. The van der Waals surface area contributed by atoms with Gasteiger partial charge in [0.1, 0.15) is 0 Å². The van der Waals surface area contributed by atoms with Gasteiger partial charge in [0.05, 0.1) is 0 Å². The van der Waals surface area contributed by atoms with E-state index in [0.29, 0.717) is 10.7 Å². The Kier molecular flexibility index (Phi) is 7.87. The zero-order valence-corrected chi connectivity index (χ0v) is 14.8. The summed E-state index contributed by atoms with van der Waals surface area (Å²) in [5.41, 5.74) is 0. The molecule has 1 fully saturated rings. The second kappa shape index (κ2) is 7.71. The zero-order valence-electron chi connectivity index (χ0n) is 11.6. The van der Waals surface area contributed by atoms with E-state index >= 15 is 0 Å². The third kappa shape index (κ3) is 6.18. The highest BCUT2D eigenvalue weighted by Crippen LogP contribution is 2.29. The van der Waals surface area contributed by atoms with Crippen LogP contribution in [0.5, 0.6) is 0 Å². The molecule has 0 radical (unpaired) electrons. The summed E-state index contributed by atoms with van der Waals surface area (Å²) in [6.07, 6.45) is 0. The summed E-state index contributed by atoms with van der Waals surface area (Å²) in [6.45, 7) is 12.2. The van der Waals surface area contributed by atoms with Gasteiger partial charge in [-0.3, -0.25) is 4.99 Å². The third-order valence-electron chi connectivity index (χ3n) is 2.61. The average Bonchev–Trinajstić information content (AvgIpc) is 2.16. The van der Waals surface area contributed by atoms with Gasteiger partial charge in [0.25, 0.3) is 0 Å². The molecule has 1 rings (SSSR count). The molecular weight excluding hydrogens is 345 g/mol. The van der Waals surface area contributed by atoms with Gasteiger partial charge in [-0.1, -0.05) is 13.8 Å². The molecule has 5 heteroatoms. The van der Waals surface area contributed by atoms with E-state index in [2.05, 4.69) is 54.7 Å². The SMILES string of the molecule is CN=C(NCC(C)C)N1CCSC(C)(C)C1.I. The van der Waals surface area contributed by atoms with E-state index in [0.717, 1.165) is 25.6 Å². The first-order valence-corrected chi connectivity index (χ1v) is 7.03. The molecule has 0 amide bonds. The number of thioether (sulfide) groups is 1. The summed E-state index contributed by atoms with van der Waals surface area (Å²) in [6, 6.07) is 0. The molecule has 0 atom stereocenters. The summed E-state index contributed by atoms with van der Waals surface area (Å²) in [4.78, 5) is 6.75. The second-order valence-electron chi connectivity index (χ2n) is 5.35. The lowest BCUT2D eigenvalue weighted by Crippen LogP contribution is -2.51. The molecule has 1 saturated heterocycles. The topological polar surface area (TPSA) is 27.6 Å². The van der Waals surface area contributed by atoms with Crippen molar-refractivity contribution in [3.63, 3.8) is 0 Å². The lowest BCUT2D eigenvalue weighted by molar-refractivity contribution is 0.373. The van der Waals surface area contributed by atoms with Crippen LogP contribution < -0.4 is 5.32 Å². The van der Waals surface area contributed by atoms with E-state index in [9.17, 15) is 0 Å². The first kappa shape index (κ1) is 17.4. The quantitative estimate of drug-likeness (QED) is 0.460. The van der Waals surface area contributed by atoms with Crippen molar-refractivity contribution in [1.82, 2.24) is 10.2 Å². The largest absolute Gasteiger partial charge is 0.356 e. The van der Waals surface area contributed by atoms with Gasteiger partial charge in [-0.2, -0.15) is 11.8 Å². The van der Waals surface area contributed by atoms with Gasteiger partial charge < -0.3 is 10.2 Å². The molecule has 0 spiro atoms. The van der Waals surface area contributed by atoms with Crippen LogP contribution in [0.2, 0.25) is 0 Å². The van der Waals surface area contributed by atoms with E-state index in [1.165, 1.54) is 5.75 Å². The molecule has 17 heavy (non-hydrogen) atoms. The highest BCUT2D eigenvalue weighted by molar-refractivity contribution is 14.0. The number of aliphatic imine (C=N–C) groups is 1. The van der Waals surface area contributed by atoms with Crippen LogP contribution in [-0.4, -0.2) is 48.0 Å². The van der Waals surface area contributed by atoms with Crippen LogP contribution in [0.15, 0.2) is 4.99 Å². The average molecular weight is 371 g/mol. The van der Waals surface area contributed by atoms with Crippen LogP contribution in [0.25, 0.3) is 0 Å². The smallest absolute Gasteiger partial charge is 0.193 e. The van der Waals surface area contributed by atoms with Gasteiger partial charge >= 0.3 is 0 Å². The van der Waals surface area contributed by atoms with E-state index in [-0.39, 0.29) is 24.0 Å². The fourth-order valence-corrected chi connectivity index (χ4v) is 2.94. The summed E-state index contributed by atoms with van der Waals surface area (Å²) < 4.78 is 0.341. The Morgan fingerprint density at radius 2 is 2.12 bits per heavy atom. The van der Waals surface area contributed by atoms with Crippen LogP contribution >= 0.6 is 35.7 Å². The molecule has 1 aliphatic heterocycles. The minimum absolute atomic E-state index is 0. The van der Waals surface area contributed by atoms with Crippen LogP contribution in [0.1, 0.15) is 27.7 Å². The number of hydrogen-bond acceptors (Lipinski definition) is 2. The maximum absolute atomic E-state index is 4.37. The molecule has 0 aromatic carbocycles. The lowest BCUT2D eigenvalue weighted by Gasteiger charge is -2.39. The third-order valence-corrected chi connectivity index (χ3v) is 3.90. The van der Waals surface area contributed by atoms with E-state index < -0.39 is 0 Å². The van der Waals surface area contributed by atoms with Crippen molar-refractivity contribution >= 4 is 41.7 Å². The minimum atomic E-state index is 0. The molecule has 1 N–H and O–H groups in total. The fraction of sp³-hybridized carbons (Fsp3) is 0.917. The van der Waals surface area contributed by atoms with Gasteiger partial charge in [0.15, 0.2) is 5.96 Å². The van der Waals surface area contributed by atoms with Crippen molar-refractivity contribution in [2.45, 2.75) is 32.4 Å². The molecule has 0 saturated carbocycles. The Hall–Kier alpha value is 0.350. The van der Waals surface area contributed by atoms with Gasteiger partial charge in [-0.15, -0.1) is 24.0 Å². The number of halogens is 1. The van der Waals surface area contributed by atoms with Gasteiger partial charge in [0, 0.05) is 37.2 Å². The van der Waals surface area contributed by atoms with Crippen molar-refractivity contribution in [3.05, 3.63) is 0 Å². The number of rotatable bonds is 2. The summed E-state index contributed by atoms with van der Waals surface area (Å²) >= 11 is 2.05. The minimum Gasteiger partial charge on any atom is -0.356 e. The predicted molar refractivity (Wildman–Crippen MR) is 89.7 cm³/mol. The Bertz CT molecular complexity index is 254. The van der Waals surface area contributed by atoms with E-state index in [4.69, 9.17) is 0 Å². The number of nitrogens with zero attached hydrogens (tertiary/aromatic N) is 2. The van der Waals surface area contributed by atoms with E-state index in [1.54, 1.807) is 0 Å². The summed E-state index contributed by atoms with van der Waals surface area (Å²) in [5.74, 6) is 2.90. The Labute approximate surface area is 127 Å². The fourth-order valence-electron chi connectivity index (χ4n) is 1.82. The monoisotopic (exact) mass is 371 g/mol. The lowest BCUT2D eigenvalue weighted by atomic mass is 10.2. The highest BCUT2D eigenvalue weighted by Gasteiger charge is 2.28. The molecule has 1 heterocycles.